The highest BCUT2D eigenvalue weighted by Gasteiger charge is 2.51. The fraction of sp³-hybridized carbons (Fsp3) is 0.143. The highest BCUT2D eigenvalue weighted by molar-refractivity contribution is 6.62. The average molecular weight is 789 g/mol. The van der Waals surface area contributed by atoms with Gasteiger partial charge in [0.2, 0.25) is 0 Å². The van der Waals surface area contributed by atoms with Gasteiger partial charge in [0.05, 0.1) is 33.3 Å². The zero-order valence-corrected chi connectivity index (χ0v) is 34.9. The molecule has 1 saturated heterocycles. The minimum atomic E-state index is -0.472. The molecule has 0 unspecified atom stereocenters. The lowest BCUT2D eigenvalue weighted by Crippen LogP contribution is -2.41. The van der Waals surface area contributed by atoms with Crippen molar-refractivity contribution in [2.45, 2.75) is 51.7 Å². The Labute approximate surface area is 355 Å². The number of para-hydroxylation sites is 4. The Kier molecular flexibility index (Phi) is 7.97. The van der Waals surface area contributed by atoms with Crippen LogP contribution in [0.4, 0.5) is 0 Å². The molecule has 2 aromatic heterocycles. The molecule has 5 heteroatoms. The molecule has 10 aromatic rings. The standard InChI is InChI=1S/C56H45BN2O2/c1-55(2)56(3,4)61-57(60-55)38-29-34-47-48(35-38)54(37-27-32-40(33-28-37)59-51-23-13-9-17-43(51)44-18-10-14-24-52(44)59)46-20-6-5-19-45(46)53(47)36-25-30-39(31-26-36)58-49-21-11-7-15-41(49)42-16-8-12-22-50(42)58/h7-35H,5-6H2,1-4H3. The number of nitrogens with zero attached hydrogens (tertiary/aromatic N) is 2. The Morgan fingerprint density at radius 2 is 0.787 bits per heavy atom. The van der Waals surface area contributed by atoms with Gasteiger partial charge in [-0.05, 0) is 138 Å². The lowest BCUT2D eigenvalue weighted by Gasteiger charge is -2.32. The maximum atomic E-state index is 6.67. The molecule has 0 bridgehead atoms. The molecule has 12 rings (SSSR count). The zero-order valence-electron chi connectivity index (χ0n) is 34.9. The van der Waals surface area contributed by atoms with Crippen molar-refractivity contribution in [2.75, 3.05) is 0 Å². The van der Waals surface area contributed by atoms with Gasteiger partial charge in [-0.15, -0.1) is 0 Å². The highest BCUT2D eigenvalue weighted by atomic mass is 16.7. The quantitative estimate of drug-likeness (QED) is 0.163. The van der Waals surface area contributed by atoms with E-state index < -0.39 is 18.3 Å². The van der Waals surface area contributed by atoms with Gasteiger partial charge in [-0.25, -0.2) is 0 Å². The van der Waals surface area contributed by atoms with Gasteiger partial charge in [0, 0.05) is 32.9 Å². The number of hydrogen-bond donors (Lipinski definition) is 0. The third-order valence-electron chi connectivity index (χ3n) is 13.8. The Hall–Kier alpha value is -6.66. The number of hydrogen-bond acceptors (Lipinski definition) is 2. The Bertz CT molecular complexity index is 3410. The summed E-state index contributed by atoms with van der Waals surface area (Å²) in [6, 6.07) is 60.2. The van der Waals surface area contributed by atoms with Gasteiger partial charge >= 0.3 is 7.12 Å². The van der Waals surface area contributed by atoms with Crippen molar-refractivity contribution in [1.82, 2.24) is 9.13 Å². The van der Waals surface area contributed by atoms with Crippen LogP contribution in [0, 0.1) is 0 Å². The molecular weight excluding hydrogens is 743 g/mol. The van der Waals surface area contributed by atoms with Crippen molar-refractivity contribution >= 4 is 79.1 Å². The summed E-state index contributed by atoms with van der Waals surface area (Å²) in [5, 5.41) is 10.1. The molecule has 8 aromatic carbocycles. The summed E-state index contributed by atoms with van der Waals surface area (Å²) >= 11 is 0. The topological polar surface area (TPSA) is 28.3 Å². The van der Waals surface area contributed by atoms with E-state index in [4.69, 9.17) is 9.31 Å². The first-order valence-corrected chi connectivity index (χ1v) is 21.6. The Morgan fingerprint density at radius 3 is 1.20 bits per heavy atom. The SMILES string of the molecule is CC1(C)OB(c2ccc3c(-c4ccc(-n5c6ccccc6c6ccccc65)cc4)c4c(c(-c5ccc(-n6c7ccccc7c7ccccc76)cc5)c3c2)=CCCC=4)OC1(C)C. The summed E-state index contributed by atoms with van der Waals surface area (Å²) in [6.07, 6.45) is 6.92. The number of rotatable bonds is 5. The molecule has 294 valence electrons. The summed E-state index contributed by atoms with van der Waals surface area (Å²) in [6.45, 7) is 8.50. The Balaban J connectivity index is 1.06. The maximum Gasteiger partial charge on any atom is 0.494 e. The van der Waals surface area contributed by atoms with Crippen molar-refractivity contribution in [3.05, 3.63) is 174 Å². The van der Waals surface area contributed by atoms with Crippen LogP contribution in [0.15, 0.2) is 164 Å². The van der Waals surface area contributed by atoms with Crippen LogP contribution in [0.5, 0.6) is 0 Å². The van der Waals surface area contributed by atoms with E-state index in [1.54, 1.807) is 0 Å². The van der Waals surface area contributed by atoms with E-state index in [-0.39, 0.29) is 0 Å². The molecule has 0 atom stereocenters. The summed E-state index contributed by atoms with van der Waals surface area (Å²) in [5.74, 6) is 0. The lowest BCUT2D eigenvalue weighted by molar-refractivity contribution is 0.00578. The molecule has 3 heterocycles. The van der Waals surface area contributed by atoms with Crippen LogP contribution in [-0.2, 0) is 9.31 Å². The molecule has 0 N–H and O–H groups in total. The molecule has 1 fully saturated rings. The van der Waals surface area contributed by atoms with Crippen molar-refractivity contribution in [2.24, 2.45) is 0 Å². The van der Waals surface area contributed by atoms with Gasteiger partial charge in [-0.3, -0.25) is 0 Å². The van der Waals surface area contributed by atoms with E-state index in [0.717, 1.165) is 29.7 Å². The Morgan fingerprint density at radius 1 is 0.410 bits per heavy atom. The number of benzene rings is 8. The van der Waals surface area contributed by atoms with Gasteiger partial charge < -0.3 is 18.4 Å². The second-order valence-corrected chi connectivity index (χ2v) is 17.8. The fourth-order valence-corrected chi connectivity index (χ4v) is 10.1. The molecule has 61 heavy (non-hydrogen) atoms. The summed E-state index contributed by atoms with van der Waals surface area (Å²) in [4.78, 5) is 0. The maximum absolute atomic E-state index is 6.67. The van der Waals surface area contributed by atoms with Crippen LogP contribution in [0.2, 0.25) is 0 Å². The van der Waals surface area contributed by atoms with Gasteiger partial charge in [0.1, 0.15) is 0 Å². The molecule has 0 saturated carbocycles. The predicted octanol–water partition coefficient (Wildman–Crippen LogP) is 12.0. The molecule has 4 nitrogen and oxygen atoms in total. The van der Waals surface area contributed by atoms with E-state index in [1.165, 1.54) is 87.1 Å². The first-order chi connectivity index (χ1) is 29.8. The first-order valence-electron chi connectivity index (χ1n) is 21.6. The van der Waals surface area contributed by atoms with E-state index in [2.05, 4.69) is 213 Å². The second-order valence-electron chi connectivity index (χ2n) is 17.8. The van der Waals surface area contributed by atoms with Gasteiger partial charge in [0.25, 0.3) is 0 Å². The summed E-state index contributed by atoms with van der Waals surface area (Å²) in [5.41, 5.74) is 12.2. The monoisotopic (exact) mass is 788 g/mol. The average Bonchev–Trinajstić information content (AvgIpc) is 3.89. The minimum Gasteiger partial charge on any atom is -0.399 e. The molecular formula is C56H45BN2O2. The second kappa shape index (κ2) is 13.4. The smallest absolute Gasteiger partial charge is 0.399 e. The zero-order chi connectivity index (χ0) is 41.0. The molecule has 1 aliphatic carbocycles. The predicted molar refractivity (Wildman–Crippen MR) is 257 cm³/mol. The van der Waals surface area contributed by atoms with Crippen LogP contribution in [0.1, 0.15) is 40.5 Å². The largest absolute Gasteiger partial charge is 0.494 e. The summed E-state index contributed by atoms with van der Waals surface area (Å²) < 4.78 is 18.1. The fourth-order valence-electron chi connectivity index (χ4n) is 10.1. The molecule has 2 aliphatic rings. The van der Waals surface area contributed by atoms with Gasteiger partial charge in [-0.2, -0.15) is 0 Å². The molecule has 0 spiro atoms. The third kappa shape index (κ3) is 5.47. The highest BCUT2D eigenvalue weighted by Crippen LogP contribution is 2.39. The number of fused-ring (bicyclic) bond motifs is 8. The van der Waals surface area contributed by atoms with E-state index in [1.807, 2.05) is 0 Å². The van der Waals surface area contributed by atoms with Gasteiger partial charge in [0.15, 0.2) is 0 Å². The van der Waals surface area contributed by atoms with Crippen LogP contribution in [0.25, 0.3) is 100 Å². The summed E-state index contributed by atoms with van der Waals surface area (Å²) in [7, 11) is -0.472. The van der Waals surface area contributed by atoms with Crippen molar-refractivity contribution in [3.8, 4) is 33.6 Å². The van der Waals surface area contributed by atoms with E-state index >= 15 is 0 Å². The lowest BCUT2D eigenvalue weighted by atomic mass is 9.76. The van der Waals surface area contributed by atoms with E-state index in [9.17, 15) is 0 Å². The molecule has 0 radical (unpaired) electrons. The van der Waals surface area contributed by atoms with Crippen LogP contribution in [0.3, 0.4) is 0 Å². The third-order valence-corrected chi connectivity index (χ3v) is 13.8. The van der Waals surface area contributed by atoms with Gasteiger partial charge in [-0.1, -0.05) is 127 Å². The van der Waals surface area contributed by atoms with E-state index in [0.29, 0.717) is 0 Å². The normalized spacial score (nSPS) is 15.8. The van der Waals surface area contributed by atoms with Crippen LogP contribution in [-0.4, -0.2) is 27.5 Å². The van der Waals surface area contributed by atoms with Crippen LogP contribution < -0.4 is 15.9 Å². The van der Waals surface area contributed by atoms with Crippen molar-refractivity contribution in [3.63, 3.8) is 0 Å². The van der Waals surface area contributed by atoms with Crippen molar-refractivity contribution in [1.29, 1.82) is 0 Å². The minimum absolute atomic E-state index is 0.444. The first kappa shape index (κ1) is 36.2. The molecule has 0 amide bonds. The van der Waals surface area contributed by atoms with Crippen LogP contribution >= 0.6 is 0 Å². The van der Waals surface area contributed by atoms with Crippen molar-refractivity contribution < 1.29 is 9.31 Å². The molecule has 1 aliphatic heterocycles. The number of aromatic nitrogens is 2.